The van der Waals surface area contributed by atoms with Crippen LogP contribution in [0.25, 0.3) is 0 Å². The smallest absolute Gasteiger partial charge is 0.241 e. The maximum absolute atomic E-state index is 12.6. The summed E-state index contributed by atoms with van der Waals surface area (Å²) in [5.74, 6) is 1.41. The van der Waals surface area contributed by atoms with Crippen molar-refractivity contribution in [2.45, 2.75) is 56.4 Å². The van der Waals surface area contributed by atoms with E-state index in [0.717, 1.165) is 29.5 Å². The fraction of sp³-hybridized carbons (Fsp3) is 0.440. The van der Waals surface area contributed by atoms with Gasteiger partial charge >= 0.3 is 0 Å². The first-order chi connectivity index (χ1) is 15.2. The summed E-state index contributed by atoms with van der Waals surface area (Å²) in [4.78, 5) is 23.5. The Hall–Kier alpha value is -2.31. The maximum atomic E-state index is 12.6. The van der Waals surface area contributed by atoms with Gasteiger partial charge in [-0.15, -0.1) is 0 Å². The molecule has 2 aliphatic rings. The number of carbonyl (C=O) groups is 2. The summed E-state index contributed by atoms with van der Waals surface area (Å²) in [5.41, 5.74) is 2.12. The molecule has 2 fully saturated rings. The van der Waals surface area contributed by atoms with Crippen molar-refractivity contribution in [3.05, 3.63) is 60.2 Å². The first-order valence-electron chi connectivity index (χ1n) is 11.2. The van der Waals surface area contributed by atoms with Crippen LogP contribution in [0.3, 0.4) is 0 Å². The van der Waals surface area contributed by atoms with Gasteiger partial charge in [0.25, 0.3) is 0 Å². The Morgan fingerprint density at radius 3 is 2.39 bits per heavy atom. The van der Waals surface area contributed by atoms with Crippen molar-refractivity contribution < 1.29 is 9.59 Å². The Labute approximate surface area is 189 Å². The second-order valence-electron chi connectivity index (χ2n) is 8.29. The van der Waals surface area contributed by atoms with E-state index in [1.807, 2.05) is 54.6 Å². The highest BCUT2D eigenvalue weighted by molar-refractivity contribution is 7.97. The van der Waals surface area contributed by atoms with E-state index in [1.54, 1.807) is 0 Å². The van der Waals surface area contributed by atoms with Crippen LogP contribution in [0.5, 0.6) is 0 Å². The third kappa shape index (κ3) is 7.40. The lowest BCUT2D eigenvalue weighted by molar-refractivity contribution is -0.119. The molecule has 0 aromatic heterocycles. The lowest BCUT2D eigenvalue weighted by Gasteiger charge is -2.30. The van der Waals surface area contributed by atoms with E-state index in [9.17, 15) is 9.59 Å². The van der Waals surface area contributed by atoms with E-state index in [-0.39, 0.29) is 11.9 Å². The number of carbonyl (C=O) groups excluding carboxylic acids is 2. The molecule has 0 bridgehead atoms. The number of rotatable bonds is 6. The number of amides is 2. The molecule has 1 heterocycles. The van der Waals surface area contributed by atoms with Crippen molar-refractivity contribution in [2.75, 3.05) is 11.9 Å². The normalized spacial score (nSPS) is 20.9. The van der Waals surface area contributed by atoms with Gasteiger partial charge in [0.2, 0.25) is 12.3 Å². The summed E-state index contributed by atoms with van der Waals surface area (Å²) in [6.07, 6.45) is 8.48. The van der Waals surface area contributed by atoms with E-state index >= 15 is 0 Å². The maximum Gasteiger partial charge on any atom is 0.241 e. The van der Waals surface area contributed by atoms with Gasteiger partial charge in [0, 0.05) is 10.6 Å². The van der Waals surface area contributed by atoms with Crippen LogP contribution in [0.2, 0.25) is 0 Å². The fourth-order valence-corrected chi connectivity index (χ4v) is 5.00. The molecule has 1 saturated heterocycles. The summed E-state index contributed by atoms with van der Waals surface area (Å²) in [7, 11) is 0. The Morgan fingerprint density at radius 2 is 1.71 bits per heavy atom. The van der Waals surface area contributed by atoms with E-state index in [1.165, 1.54) is 49.6 Å². The molecule has 0 spiro atoms. The van der Waals surface area contributed by atoms with E-state index < -0.39 is 0 Å². The fourth-order valence-electron chi connectivity index (χ4n) is 4.52. The zero-order chi connectivity index (χ0) is 21.9. The summed E-state index contributed by atoms with van der Waals surface area (Å²) in [6, 6.07) is 17.7. The predicted octanol–water partition coefficient (Wildman–Crippen LogP) is 4.93. The molecular formula is C25H33N3O2S. The Bertz CT molecular complexity index is 807. The molecule has 2 aromatic carbocycles. The van der Waals surface area contributed by atoms with Gasteiger partial charge in [-0.25, -0.2) is 0 Å². The van der Waals surface area contributed by atoms with Gasteiger partial charge in [0.1, 0.15) is 0 Å². The van der Waals surface area contributed by atoms with E-state index in [2.05, 4.69) is 22.3 Å². The number of aryl methyl sites for hydroxylation is 1. The predicted molar refractivity (Wildman–Crippen MR) is 128 cm³/mol. The van der Waals surface area contributed by atoms with Gasteiger partial charge in [-0.1, -0.05) is 68.0 Å². The first kappa shape index (κ1) is 23.4. The highest BCUT2D eigenvalue weighted by Crippen LogP contribution is 2.36. The third-order valence-corrected chi connectivity index (χ3v) is 6.82. The molecule has 2 aromatic rings. The van der Waals surface area contributed by atoms with Crippen LogP contribution in [0, 0.1) is 18.8 Å². The van der Waals surface area contributed by atoms with Crippen molar-refractivity contribution in [2.24, 2.45) is 11.8 Å². The number of hydrogen-bond acceptors (Lipinski definition) is 4. The Balaban J connectivity index is 0.000000229. The highest BCUT2D eigenvalue weighted by atomic mass is 32.2. The molecule has 6 heteroatoms. The van der Waals surface area contributed by atoms with Crippen LogP contribution in [-0.2, 0) is 9.59 Å². The second-order valence-corrected chi connectivity index (χ2v) is 9.20. The average molecular weight is 440 g/mol. The van der Waals surface area contributed by atoms with Gasteiger partial charge in [0.15, 0.2) is 0 Å². The van der Waals surface area contributed by atoms with Gasteiger partial charge in [-0.05, 0) is 67.9 Å². The number of nitrogens with one attached hydrogen (secondary N) is 3. The average Bonchev–Trinajstić information content (AvgIpc) is 3.31. The molecular weight excluding hydrogens is 406 g/mol. The van der Waals surface area contributed by atoms with Crippen molar-refractivity contribution in [1.29, 1.82) is 0 Å². The highest BCUT2D eigenvalue weighted by Gasteiger charge is 2.38. The quantitative estimate of drug-likeness (QED) is 0.441. The number of hydrogen-bond donors (Lipinski definition) is 3. The van der Waals surface area contributed by atoms with Crippen LogP contribution < -0.4 is 15.4 Å². The number of benzene rings is 2. The minimum atomic E-state index is -0.00518. The molecule has 3 N–H and O–H groups in total. The number of anilines is 1. The van der Waals surface area contributed by atoms with Crippen molar-refractivity contribution in [1.82, 2.24) is 10.0 Å². The monoisotopic (exact) mass is 439 g/mol. The Kier molecular flexibility index (Phi) is 9.43. The lowest BCUT2D eigenvalue weighted by atomic mass is 9.76. The first-order valence-corrected chi connectivity index (χ1v) is 12.0. The van der Waals surface area contributed by atoms with E-state index in [0.29, 0.717) is 12.3 Å². The minimum absolute atomic E-state index is 0.00518. The minimum Gasteiger partial charge on any atom is -0.325 e. The van der Waals surface area contributed by atoms with Gasteiger partial charge in [-0.2, -0.15) is 0 Å². The van der Waals surface area contributed by atoms with Crippen LogP contribution in [0.4, 0.5) is 5.69 Å². The zero-order valence-electron chi connectivity index (χ0n) is 18.2. The molecule has 2 unspecified atom stereocenters. The molecule has 1 saturated carbocycles. The molecule has 0 radical (unpaired) electrons. The van der Waals surface area contributed by atoms with Crippen LogP contribution in [-0.4, -0.2) is 24.9 Å². The largest absolute Gasteiger partial charge is 0.325 e. The molecule has 2 atom stereocenters. The molecule has 2 amide bonds. The van der Waals surface area contributed by atoms with Gasteiger partial charge < -0.3 is 10.6 Å². The Morgan fingerprint density at radius 1 is 1.00 bits per heavy atom. The standard InChI is InChI=1S/C18H26N2O.C7H7NOS/c1-13-7-9-15(10-8-13)20-18(21)17-16(11-12-19-17)14-5-3-2-4-6-14;9-6-8-10-7-4-2-1-3-5-7/h7-10,14,16-17,19H,2-6,11-12H2,1H3,(H,20,21);1-6H,(H,8,9). The summed E-state index contributed by atoms with van der Waals surface area (Å²) < 4.78 is 2.50. The second kappa shape index (κ2) is 12.5. The zero-order valence-corrected chi connectivity index (χ0v) is 19.0. The summed E-state index contributed by atoms with van der Waals surface area (Å²) >= 11 is 1.30. The molecule has 166 valence electrons. The molecule has 5 nitrogen and oxygen atoms in total. The summed E-state index contributed by atoms with van der Waals surface area (Å²) in [5, 5.41) is 6.50. The molecule has 4 rings (SSSR count). The topological polar surface area (TPSA) is 70.2 Å². The molecule has 1 aliphatic heterocycles. The van der Waals surface area contributed by atoms with Crippen molar-refractivity contribution in [3.8, 4) is 0 Å². The lowest BCUT2D eigenvalue weighted by Crippen LogP contribution is -2.42. The SMILES string of the molecule is Cc1ccc(NC(=O)C2NCCC2C2CCCCC2)cc1.O=CNSc1ccccc1. The van der Waals surface area contributed by atoms with Crippen LogP contribution >= 0.6 is 11.9 Å². The van der Waals surface area contributed by atoms with E-state index in [4.69, 9.17) is 0 Å². The van der Waals surface area contributed by atoms with Crippen molar-refractivity contribution in [3.63, 3.8) is 0 Å². The summed E-state index contributed by atoms with van der Waals surface area (Å²) in [6.45, 7) is 3.04. The molecule has 31 heavy (non-hydrogen) atoms. The van der Waals surface area contributed by atoms with Crippen LogP contribution in [0.15, 0.2) is 59.5 Å². The molecule has 1 aliphatic carbocycles. The van der Waals surface area contributed by atoms with Crippen molar-refractivity contribution >= 4 is 30.0 Å². The van der Waals surface area contributed by atoms with Gasteiger partial charge in [0.05, 0.1) is 6.04 Å². The van der Waals surface area contributed by atoms with Gasteiger partial charge in [-0.3, -0.25) is 14.3 Å². The van der Waals surface area contributed by atoms with Crippen LogP contribution in [0.1, 0.15) is 44.1 Å². The third-order valence-electron chi connectivity index (χ3n) is 6.10.